The maximum absolute atomic E-state index is 12.9. The van der Waals surface area contributed by atoms with Gasteiger partial charge in [-0.1, -0.05) is 23.7 Å². The number of halogens is 5. The number of para-hydroxylation sites is 1. The SMILES string of the molecule is O=C(NNc1ccccc1C(F)(F)F)c1ccc(F)cc1Cl. The number of alkyl halides is 3. The van der Waals surface area contributed by atoms with Gasteiger partial charge in [0, 0.05) is 0 Å². The van der Waals surface area contributed by atoms with Gasteiger partial charge < -0.3 is 0 Å². The Kier molecular flexibility index (Phi) is 4.56. The van der Waals surface area contributed by atoms with Gasteiger partial charge in [0.25, 0.3) is 5.91 Å². The van der Waals surface area contributed by atoms with E-state index in [1.807, 2.05) is 0 Å². The lowest BCUT2D eigenvalue weighted by Gasteiger charge is -2.15. The van der Waals surface area contributed by atoms with Crippen molar-refractivity contribution in [2.45, 2.75) is 6.18 Å². The van der Waals surface area contributed by atoms with Crippen LogP contribution >= 0.6 is 11.6 Å². The summed E-state index contributed by atoms with van der Waals surface area (Å²) in [5.74, 6) is -1.42. The van der Waals surface area contributed by atoms with Gasteiger partial charge in [-0.2, -0.15) is 13.2 Å². The van der Waals surface area contributed by atoms with Crippen LogP contribution in [0.3, 0.4) is 0 Å². The highest BCUT2D eigenvalue weighted by molar-refractivity contribution is 6.33. The highest BCUT2D eigenvalue weighted by Gasteiger charge is 2.33. The second-order valence-electron chi connectivity index (χ2n) is 4.25. The monoisotopic (exact) mass is 332 g/mol. The van der Waals surface area contributed by atoms with Crippen molar-refractivity contribution in [1.82, 2.24) is 5.43 Å². The summed E-state index contributed by atoms with van der Waals surface area (Å²) in [6.07, 6.45) is -4.57. The smallest absolute Gasteiger partial charge is 0.298 e. The van der Waals surface area contributed by atoms with Crippen LogP contribution in [0, 0.1) is 5.82 Å². The van der Waals surface area contributed by atoms with Crippen molar-refractivity contribution in [2.75, 3.05) is 5.43 Å². The van der Waals surface area contributed by atoms with E-state index in [4.69, 9.17) is 11.6 Å². The maximum atomic E-state index is 12.9. The molecule has 2 aromatic rings. The van der Waals surface area contributed by atoms with Crippen molar-refractivity contribution in [3.05, 3.63) is 64.4 Å². The summed E-state index contributed by atoms with van der Waals surface area (Å²) >= 11 is 5.70. The molecular formula is C14H9ClF4N2O. The van der Waals surface area contributed by atoms with E-state index in [1.54, 1.807) is 0 Å². The van der Waals surface area contributed by atoms with Crippen LogP contribution in [-0.2, 0) is 6.18 Å². The van der Waals surface area contributed by atoms with Crippen molar-refractivity contribution >= 4 is 23.2 Å². The van der Waals surface area contributed by atoms with Crippen molar-refractivity contribution in [3.63, 3.8) is 0 Å². The van der Waals surface area contributed by atoms with E-state index in [9.17, 15) is 22.4 Å². The van der Waals surface area contributed by atoms with Gasteiger partial charge in [0.05, 0.1) is 21.8 Å². The average molecular weight is 333 g/mol. The van der Waals surface area contributed by atoms with Gasteiger partial charge in [0.1, 0.15) is 5.82 Å². The number of carbonyl (C=O) groups excluding carboxylic acids is 1. The number of anilines is 1. The van der Waals surface area contributed by atoms with E-state index >= 15 is 0 Å². The fourth-order valence-electron chi connectivity index (χ4n) is 1.70. The van der Waals surface area contributed by atoms with Gasteiger partial charge >= 0.3 is 6.18 Å². The second kappa shape index (κ2) is 6.23. The molecule has 0 bridgehead atoms. The molecule has 0 atom stereocenters. The normalized spacial score (nSPS) is 11.1. The topological polar surface area (TPSA) is 41.1 Å². The fourth-order valence-corrected chi connectivity index (χ4v) is 1.96. The Balaban J connectivity index is 2.15. The number of hydrogen-bond donors (Lipinski definition) is 2. The molecule has 0 unspecified atom stereocenters. The van der Waals surface area contributed by atoms with Crippen LogP contribution in [0.4, 0.5) is 23.2 Å². The van der Waals surface area contributed by atoms with Crippen LogP contribution in [0.15, 0.2) is 42.5 Å². The van der Waals surface area contributed by atoms with Gasteiger partial charge in [-0.15, -0.1) is 0 Å². The highest BCUT2D eigenvalue weighted by atomic mass is 35.5. The molecule has 1 amide bonds. The Bertz CT molecular complexity index is 703. The molecule has 0 heterocycles. The Labute approximate surface area is 127 Å². The minimum absolute atomic E-state index is 0.0694. The Morgan fingerprint density at radius 1 is 1.09 bits per heavy atom. The van der Waals surface area contributed by atoms with Gasteiger partial charge in [-0.3, -0.25) is 15.6 Å². The predicted molar refractivity (Wildman–Crippen MR) is 73.9 cm³/mol. The van der Waals surface area contributed by atoms with E-state index in [0.29, 0.717) is 0 Å². The molecule has 0 fully saturated rings. The molecule has 116 valence electrons. The molecule has 2 rings (SSSR count). The first-order chi connectivity index (χ1) is 10.3. The van der Waals surface area contributed by atoms with E-state index in [2.05, 4.69) is 10.9 Å². The average Bonchev–Trinajstić information content (AvgIpc) is 2.44. The third-order valence-corrected chi connectivity index (χ3v) is 3.03. The highest BCUT2D eigenvalue weighted by Crippen LogP contribution is 2.34. The van der Waals surface area contributed by atoms with Crippen LogP contribution in [0.1, 0.15) is 15.9 Å². The minimum Gasteiger partial charge on any atom is -0.298 e. The Morgan fingerprint density at radius 3 is 2.41 bits per heavy atom. The van der Waals surface area contributed by atoms with E-state index in [-0.39, 0.29) is 16.3 Å². The lowest BCUT2D eigenvalue weighted by atomic mass is 10.2. The third-order valence-electron chi connectivity index (χ3n) is 2.72. The van der Waals surface area contributed by atoms with Crippen molar-refractivity contribution in [1.29, 1.82) is 0 Å². The van der Waals surface area contributed by atoms with Crippen LogP contribution in [0.25, 0.3) is 0 Å². The second-order valence-corrected chi connectivity index (χ2v) is 4.65. The number of rotatable bonds is 3. The number of hydrazine groups is 1. The quantitative estimate of drug-likeness (QED) is 0.651. The maximum Gasteiger partial charge on any atom is 0.418 e. The first-order valence-corrected chi connectivity index (χ1v) is 6.34. The van der Waals surface area contributed by atoms with Crippen molar-refractivity contribution in [3.8, 4) is 0 Å². The molecule has 0 saturated carbocycles. The first-order valence-electron chi connectivity index (χ1n) is 5.96. The lowest BCUT2D eigenvalue weighted by Crippen LogP contribution is -2.30. The van der Waals surface area contributed by atoms with Crippen molar-refractivity contribution < 1.29 is 22.4 Å². The zero-order chi connectivity index (χ0) is 16.3. The Hall–Kier alpha value is -2.28. The predicted octanol–water partition coefficient (Wildman–Crippen LogP) is 4.25. The molecule has 0 aliphatic rings. The van der Waals surface area contributed by atoms with Gasteiger partial charge in [-0.25, -0.2) is 4.39 Å². The van der Waals surface area contributed by atoms with Crippen LogP contribution in [0.2, 0.25) is 5.02 Å². The summed E-state index contributed by atoms with van der Waals surface area (Å²) < 4.78 is 51.3. The van der Waals surface area contributed by atoms with Crippen LogP contribution < -0.4 is 10.9 Å². The molecule has 0 radical (unpaired) electrons. The van der Waals surface area contributed by atoms with E-state index in [1.165, 1.54) is 12.1 Å². The largest absolute Gasteiger partial charge is 0.418 e. The van der Waals surface area contributed by atoms with Gasteiger partial charge in [0.2, 0.25) is 0 Å². The Morgan fingerprint density at radius 2 is 1.77 bits per heavy atom. The fraction of sp³-hybridized carbons (Fsp3) is 0.0714. The molecule has 3 nitrogen and oxygen atoms in total. The molecule has 8 heteroatoms. The summed E-state index contributed by atoms with van der Waals surface area (Å²) in [4.78, 5) is 11.8. The summed E-state index contributed by atoms with van der Waals surface area (Å²) in [6.45, 7) is 0. The molecule has 2 aromatic carbocycles. The number of hydrogen-bond acceptors (Lipinski definition) is 2. The lowest BCUT2D eigenvalue weighted by molar-refractivity contribution is -0.137. The summed E-state index contributed by atoms with van der Waals surface area (Å²) in [6, 6.07) is 7.73. The summed E-state index contributed by atoms with van der Waals surface area (Å²) in [7, 11) is 0. The molecule has 2 N–H and O–H groups in total. The molecule has 0 saturated heterocycles. The number of benzene rings is 2. The number of nitrogens with one attached hydrogen (secondary N) is 2. The number of carbonyl (C=O) groups is 1. The third kappa shape index (κ3) is 3.67. The summed E-state index contributed by atoms with van der Waals surface area (Å²) in [5, 5.41) is -0.150. The number of amides is 1. The molecule has 0 aromatic heterocycles. The van der Waals surface area contributed by atoms with Crippen LogP contribution in [0.5, 0.6) is 0 Å². The zero-order valence-corrected chi connectivity index (χ0v) is 11.6. The van der Waals surface area contributed by atoms with E-state index in [0.717, 1.165) is 30.3 Å². The van der Waals surface area contributed by atoms with E-state index < -0.39 is 23.5 Å². The molecule has 0 spiro atoms. The standard InChI is InChI=1S/C14H9ClF4N2O/c15-11-7-8(16)5-6-9(11)13(22)21-20-12-4-2-1-3-10(12)14(17,18)19/h1-7,20H,(H,21,22). The molecule has 0 aliphatic heterocycles. The van der Waals surface area contributed by atoms with Gasteiger partial charge in [-0.05, 0) is 30.3 Å². The first kappa shape index (κ1) is 16.1. The zero-order valence-electron chi connectivity index (χ0n) is 10.8. The van der Waals surface area contributed by atoms with Crippen LogP contribution in [-0.4, -0.2) is 5.91 Å². The molecule has 22 heavy (non-hydrogen) atoms. The van der Waals surface area contributed by atoms with Crippen molar-refractivity contribution in [2.24, 2.45) is 0 Å². The molecular weight excluding hydrogens is 324 g/mol. The van der Waals surface area contributed by atoms with Gasteiger partial charge in [0.15, 0.2) is 0 Å². The summed E-state index contributed by atoms with van der Waals surface area (Å²) in [5.41, 5.74) is 2.96. The molecule has 0 aliphatic carbocycles. The minimum atomic E-state index is -4.57.